The van der Waals surface area contributed by atoms with Crippen LogP contribution in [-0.2, 0) is 18.6 Å². The van der Waals surface area contributed by atoms with E-state index >= 15 is 0 Å². The first-order chi connectivity index (χ1) is 15.8. The fourth-order valence-electron chi connectivity index (χ4n) is 4.80. The first-order valence-corrected chi connectivity index (χ1v) is 12.0. The van der Waals surface area contributed by atoms with E-state index in [0.717, 1.165) is 72.1 Å². The minimum atomic E-state index is -4.39. The minimum absolute atomic E-state index is 0. The van der Waals surface area contributed by atoms with Gasteiger partial charge in [-0.05, 0) is 56.0 Å². The molecule has 34 heavy (non-hydrogen) atoms. The highest BCUT2D eigenvalue weighted by Gasteiger charge is 2.60. The Kier molecular flexibility index (Phi) is 6.94. The van der Waals surface area contributed by atoms with E-state index in [4.69, 9.17) is 0 Å². The summed E-state index contributed by atoms with van der Waals surface area (Å²) < 4.78 is 40.4. The van der Waals surface area contributed by atoms with E-state index in [1.807, 2.05) is 36.9 Å². The van der Waals surface area contributed by atoms with E-state index in [1.165, 1.54) is 6.20 Å². The second kappa shape index (κ2) is 9.47. The van der Waals surface area contributed by atoms with Crippen molar-refractivity contribution < 1.29 is 13.2 Å². The number of likely N-dealkylation sites (tertiary alicyclic amines) is 1. The molecule has 0 radical (unpaired) electrons. The Bertz CT molecular complexity index is 1140. The van der Waals surface area contributed by atoms with E-state index < -0.39 is 11.9 Å². The number of pyridine rings is 2. The van der Waals surface area contributed by atoms with Crippen LogP contribution in [0.4, 0.5) is 13.2 Å². The molecule has 0 bridgehead atoms. The van der Waals surface area contributed by atoms with Crippen molar-refractivity contribution >= 4 is 24.2 Å². The monoisotopic (exact) mass is 510 g/mol. The molecule has 5 rings (SSSR count). The topological polar surface area (TPSA) is 59.7 Å². The second-order valence-corrected chi connectivity index (χ2v) is 10.0. The lowest BCUT2D eigenvalue weighted by molar-refractivity contribution is -0.141. The Balaban J connectivity index is 0.00000274. The third-order valence-electron chi connectivity index (χ3n) is 6.70. The van der Waals surface area contributed by atoms with E-state index in [2.05, 4.69) is 25.1 Å². The Morgan fingerprint density at radius 1 is 1.12 bits per heavy atom. The van der Waals surface area contributed by atoms with Crippen molar-refractivity contribution in [2.45, 2.75) is 36.5 Å². The van der Waals surface area contributed by atoms with Crippen LogP contribution in [0.1, 0.15) is 29.8 Å². The Morgan fingerprint density at radius 2 is 1.94 bits per heavy atom. The fourth-order valence-corrected chi connectivity index (χ4v) is 5.64. The molecule has 2 atom stereocenters. The molecule has 3 aromatic heterocycles. The number of fused-ring (bicyclic) bond motifs is 1. The maximum absolute atomic E-state index is 12.8. The van der Waals surface area contributed by atoms with Crippen LogP contribution in [0, 0.1) is 12.8 Å². The van der Waals surface area contributed by atoms with Crippen molar-refractivity contribution in [3.63, 3.8) is 0 Å². The van der Waals surface area contributed by atoms with Crippen LogP contribution >= 0.6 is 24.2 Å². The molecule has 6 nitrogen and oxygen atoms in total. The van der Waals surface area contributed by atoms with Gasteiger partial charge in [-0.3, -0.25) is 9.97 Å². The van der Waals surface area contributed by atoms with E-state index in [-0.39, 0.29) is 17.8 Å². The third-order valence-corrected chi connectivity index (χ3v) is 7.81. The zero-order valence-electron chi connectivity index (χ0n) is 18.9. The van der Waals surface area contributed by atoms with Gasteiger partial charge in [-0.1, -0.05) is 17.8 Å². The Labute approximate surface area is 206 Å². The lowest BCUT2D eigenvalue weighted by Crippen LogP contribution is -2.28. The lowest BCUT2D eigenvalue weighted by atomic mass is 9.96. The molecule has 4 heterocycles. The van der Waals surface area contributed by atoms with Gasteiger partial charge in [0.2, 0.25) is 0 Å². The summed E-state index contributed by atoms with van der Waals surface area (Å²) in [6, 6.07) is 6.69. The number of hydrogen-bond donors (Lipinski definition) is 0. The average Bonchev–Trinajstić information content (AvgIpc) is 3.16. The minimum Gasteiger partial charge on any atom is -0.305 e. The van der Waals surface area contributed by atoms with Crippen molar-refractivity contribution in [3.8, 4) is 11.4 Å². The molecule has 2 fully saturated rings. The molecule has 0 amide bonds. The molecule has 182 valence electrons. The number of alkyl halides is 3. The number of aromatic nitrogens is 5. The first-order valence-electron chi connectivity index (χ1n) is 11.0. The van der Waals surface area contributed by atoms with Crippen molar-refractivity contribution in [1.29, 1.82) is 0 Å². The van der Waals surface area contributed by atoms with Crippen molar-refractivity contribution in [1.82, 2.24) is 29.6 Å². The molecule has 3 aromatic rings. The van der Waals surface area contributed by atoms with Crippen LogP contribution in [0.25, 0.3) is 11.4 Å². The summed E-state index contributed by atoms with van der Waals surface area (Å²) in [5, 5.41) is 9.52. The molecular weight excluding hydrogens is 485 g/mol. The van der Waals surface area contributed by atoms with Crippen LogP contribution in [0.15, 0.2) is 41.8 Å². The van der Waals surface area contributed by atoms with Gasteiger partial charge in [0.15, 0.2) is 11.0 Å². The SMILES string of the molecule is Cc1ccc(-c2nnc(SCCCN3C[C@H]4CC4(c4ccc(C(F)(F)F)nc4)C3)n2C)cn1.Cl. The summed E-state index contributed by atoms with van der Waals surface area (Å²) in [4.78, 5) is 10.4. The van der Waals surface area contributed by atoms with Crippen LogP contribution in [0.5, 0.6) is 0 Å². The molecule has 1 aliphatic heterocycles. The normalized spacial score (nSPS) is 21.9. The van der Waals surface area contributed by atoms with Gasteiger partial charge < -0.3 is 9.47 Å². The lowest BCUT2D eigenvalue weighted by Gasteiger charge is -2.21. The quantitative estimate of drug-likeness (QED) is 0.337. The molecule has 0 N–H and O–H groups in total. The van der Waals surface area contributed by atoms with Crippen molar-refractivity contribution in [3.05, 3.63) is 53.6 Å². The number of thioether (sulfide) groups is 1. The molecule has 1 aliphatic carbocycles. The molecule has 1 saturated carbocycles. The second-order valence-electron chi connectivity index (χ2n) is 8.98. The molecule has 2 aliphatic rings. The summed E-state index contributed by atoms with van der Waals surface area (Å²) in [5.41, 5.74) is 2.02. The zero-order chi connectivity index (χ0) is 23.2. The predicted molar refractivity (Wildman–Crippen MR) is 127 cm³/mol. The van der Waals surface area contributed by atoms with Gasteiger partial charge in [-0.15, -0.1) is 22.6 Å². The molecule has 11 heteroatoms. The van der Waals surface area contributed by atoms with E-state index in [1.54, 1.807) is 17.8 Å². The summed E-state index contributed by atoms with van der Waals surface area (Å²) >= 11 is 1.69. The Hall–Kier alpha value is -2.17. The van der Waals surface area contributed by atoms with Crippen LogP contribution in [-0.4, -0.2) is 55.0 Å². The molecular formula is C23H26ClF3N6S. The van der Waals surface area contributed by atoms with Gasteiger partial charge in [0.1, 0.15) is 5.69 Å². The largest absolute Gasteiger partial charge is 0.433 e. The van der Waals surface area contributed by atoms with Crippen LogP contribution in [0.2, 0.25) is 0 Å². The smallest absolute Gasteiger partial charge is 0.305 e. The molecule has 0 aromatic carbocycles. The summed E-state index contributed by atoms with van der Waals surface area (Å²) in [5.74, 6) is 2.25. The summed E-state index contributed by atoms with van der Waals surface area (Å²) in [7, 11) is 1.97. The van der Waals surface area contributed by atoms with Gasteiger partial charge in [0.25, 0.3) is 0 Å². The number of hydrogen-bond acceptors (Lipinski definition) is 6. The highest BCUT2D eigenvalue weighted by molar-refractivity contribution is 7.99. The number of piperidine rings is 1. The van der Waals surface area contributed by atoms with Crippen molar-refractivity contribution in [2.75, 3.05) is 25.4 Å². The van der Waals surface area contributed by atoms with Gasteiger partial charge in [-0.25, -0.2) is 0 Å². The predicted octanol–water partition coefficient (Wildman–Crippen LogP) is 4.78. The number of aryl methyl sites for hydroxylation is 1. The standard InChI is InChI=1S/C23H25F3N6S.ClH/c1-15-4-5-16(11-27-15)20-29-30-21(31(20)2)33-9-3-8-32-13-18-10-22(18,14-32)17-6-7-19(28-12-17)23(24,25)26;/h4-7,11-12,18H,3,8-10,13-14H2,1-2H3;1H/t18-,22?;/m1./s1. The van der Waals surface area contributed by atoms with E-state index in [0.29, 0.717) is 5.92 Å². The Morgan fingerprint density at radius 3 is 2.62 bits per heavy atom. The highest BCUT2D eigenvalue weighted by atomic mass is 35.5. The molecule has 1 saturated heterocycles. The first kappa shape index (κ1) is 24.9. The highest BCUT2D eigenvalue weighted by Crippen LogP contribution is 2.58. The fraction of sp³-hybridized carbons (Fsp3) is 0.478. The average molecular weight is 511 g/mol. The van der Waals surface area contributed by atoms with Crippen molar-refractivity contribution in [2.24, 2.45) is 13.0 Å². The third kappa shape index (κ3) is 4.81. The van der Waals surface area contributed by atoms with Gasteiger partial charge >= 0.3 is 6.18 Å². The van der Waals surface area contributed by atoms with E-state index in [9.17, 15) is 13.2 Å². The van der Waals surface area contributed by atoms with Crippen LogP contribution < -0.4 is 0 Å². The number of rotatable bonds is 7. The van der Waals surface area contributed by atoms with Gasteiger partial charge in [-0.2, -0.15) is 13.2 Å². The van der Waals surface area contributed by atoms with Crippen LogP contribution in [0.3, 0.4) is 0 Å². The van der Waals surface area contributed by atoms with Gasteiger partial charge in [0, 0.05) is 55.0 Å². The molecule has 0 spiro atoms. The number of halogens is 4. The molecule has 1 unspecified atom stereocenters. The van der Waals surface area contributed by atoms with Gasteiger partial charge in [0.05, 0.1) is 0 Å². The number of nitrogens with zero attached hydrogens (tertiary/aromatic N) is 6. The summed E-state index contributed by atoms with van der Waals surface area (Å²) in [6.45, 7) is 4.81. The zero-order valence-corrected chi connectivity index (χ0v) is 20.6. The summed E-state index contributed by atoms with van der Waals surface area (Å²) in [6.07, 6.45) is 0.902. The maximum Gasteiger partial charge on any atom is 0.433 e. The maximum atomic E-state index is 12.8.